The van der Waals surface area contributed by atoms with Crippen LogP contribution in [0.4, 0.5) is 5.69 Å². The number of nitro groups is 1. The van der Waals surface area contributed by atoms with E-state index in [0.717, 1.165) is 17.5 Å². The predicted molar refractivity (Wildman–Crippen MR) is 115 cm³/mol. The van der Waals surface area contributed by atoms with Gasteiger partial charge in [0.1, 0.15) is 0 Å². The van der Waals surface area contributed by atoms with Crippen LogP contribution < -0.4 is 0 Å². The lowest BCUT2D eigenvalue weighted by molar-refractivity contribution is -0.384. The molecule has 0 aliphatic carbocycles. The van der Waals surface area contributed by atoms with Gasteiger partial charge in [-0.1, -0.05) is 37.3 Å². The van der Waals surface area contributed by atoms with Gasteiger partial charge in [-0.25, -0.2) is 0 Å². The van der Waals surface area contributed by atoms with E-state index in [-0.39, 0.29) is 17.5 Å². The Balaban J connectivity index is 1.91. The van der Waals surface area contributed by atoms with Crippen LogP contribution in [0, 0.1) is 16.2 Å². The molecule has 0 unspecified atom stereocenters. The molecule has 0 saturated carbocycles. The third kappa shape index (κ3) is 4.56. The van der Waals surface area contributed by atoms with Gasteiger partial charge in [0.2, 0.25) is 11.8 Å². The van der Waals surface area contributed by atoms with E-state index in [0.29, 0.717) is 37.3 Å². The average Bonchev–Trinajstić information content (AvgIpc) is 2.77. The number of amides is 2. The summed E-state index contributed by atoms with van der Waals surface area (Å²) in [6.07, 6.45) is 3.80. The minimum Gasteiger partial charge on any atom is -0.339 e. The Morgan fingerprint density at radius 1 is 1.13 bits per heavy atom. The van der Waals surface area contributed by atoms with Crippen molar-refractivity contribution in [2.75, 3.05) is 26.2 Å². The highest BCUT2D eigenvalue weighted by Crippen LogP contribution is 2.36. The Morgan fingerprint density at radius 3 is 2.43 bits per heavy atom. The van der Waals surface area contributed by atoms with Crippen LogP contribution in [0.15, 0.2) is 42.5 Å². The highest BCUT2D eigenvalue weighted by atomic mass is 16.6. The fourth-order valence-electron chi connectivity index (χ4n) is 3.65. The Morgan fingerprint density at radius 2 is 1.80 bits per heavy atom. The number of carbonyl (C=O) groups is 2. The van der Waals surface area contributed by atoms with Gasteiger partial charge < -0.3 is 9.80 Å². The van der Waals surface area contributed by atoms with Crippen molar-refractivity contribution >= 4 is 23.6 Å². The Kier molecular flexibility index (Phi) is 6.61. The first-order valence-electron chi connectivity index (χ1n) is 9.92. The zero-order valence-corrected chi connectivity index (χ0v) is 17.1. The van der Waals surface area contributed by atoms with Gasteiger partial charge >= 0.3 is 0 Å². The van der Waals surface area contributed by atoms with Crippen molar-refractivity contribution in [3.63, 3.8) is 0 Å². The van der Waals surface area contributed by atoms with Gasteiger partial charge in [0.25, 0.3) is 5.69 Å². The normalized spacial score (nSPS) is 14.2. The second kappa shape index (κ2) is 9.35. The molecule has 1 radical (unpaired) electrons. The van der Waals surface area contributed by atoms with Crippen LogP contribution in [0.1, 0.15) is 25.0 Å². The topological polar surface area (TPSA) is 83.8 Å². The SMILES string of the molecule is CCc1ccccc1-c1c([N+](=O)[O-])[c]ccc1/C=C/C(=O)N1CCN(C(C)=O)CC1. The standard InChI is InChI=1S/C23H24N3O4/c1-3-18-7-4-5-9-20(18)23-19(8-6-10-21(23)26(29)30)11-12-22(28)25-15-13-24(14-16-25)17(2)27/h4-9,11-12H,3,13-16H2,1-2H3/b12-11+. The van der Waals surface area contributed by atoms with Crippen molar-refractivity contribution in [3.8, 4) is 11.1 Å². The quantitative estimate of drug-likeness (QED) is 0.433. The van der Waals surface area contributed by atoms with Crippen molar-refractivity contribution in [1.29, 1.82) is 0 Å². The number of hydrogen-bond acceptors (Lipinski definition) is 4. The first-order chi connectivity index (χ1) is 14.4. The Labute approximate surface area is 175 Å². The number of carbonyl (C=O) groups excluding carboxylic acids is 2. The minimum atomic E-state index is -0.443. The molecule has 0 N–H and O–H groups in total. The van der Waals surface area contributed by atoms with E-state index in [1.54, 1.807) is 21.9 Å². The van der Waals surface area contributed by atoms with Gasteiger partial charge in [-0.05, 0) is 35.3 Å². The molecule has 0 bridgehead atoms. The maximum atomic E-state index is 12.6. The molecular formula is C23H24N3O4. The Hall–Kier alpha value is -3.48. The van der Waals surface area contributed by atoms with Crippen LogP contribution in [0.5, 0.6) is 0 Å². The van der Waals surface area contributed by atoms with Crippen molar-refractivity contribution in [3.05, 3.63) is 69.8 Å². The van der Waals surface area contributed by atoms with Crippen LogP contribution in [0.25, 0.3) is 17.2 Å². The minimum absolute atomic E-state index is 0.00437. The summed E-state index contributed by atoms with van der Waals surface area (Å²) in [6, 6.07) is 13.5. The summed E-state index contributed by atoms with van der Waals surface area (Å²) in [5.74, 6) is -0.173. The van der Waals surface area contributed by atoms with Crippen molar-refractivity contribution in [2.24, 2.45) is 0 Å². The highest BCUT2D eigenvalue weighted by Gasteiger charge is 2.22. The van der Waals surface area contributed by atoms with Crippen LogP contribution in [0.3, 0.4) is 0 Å². The third-order valence-corrected chi connectivity index (χ3v) is 5.30. The summed E-state index contributed by atoms with van der Waals surface area (Å²) in [5.41, 5.74) is 2.70. The summed E-state index contributed by atoms with van der Waals surface area (Å²) in [6.45, 7) is 5.48. The number of aryl methyl sites for hydroxylation is 1. The van der Waals surface area contributed by atoms with Gasteiger partial charge in [-0.3, -0.25) is 19.7 Å². The molecule has 30 heavy (non-hydrogen) atoms. The molecule has 0 aromatic heterocycles. The fraction of sp³-hybridized carbons (Fsp3) is 0.304. The molecule has 1 aliphatic heterocycles. The van der Waals surface area contributed by atoms with Crippen LogP contribution in [-0.2, 0) is 16.0 Å². The lowest BCUT2D eigenvalue weighted by Crippen LogP contribution is -2.49. The molecule has 0 atom stereocenters. The van der Waals surface area contributed by atoms with E-state index < -0.39 is 4.92 Å². The van der Waals surface area contributed by atoms with Crippen LogP contribution in [0.2, 0.25) is 0 Å². The average molecular weight is 406 g/mol. The smallest absolute Gasteiger partial charge is 0.285 e. The number of nitro benzene ring substituents is 1. The van der Waals surface area contributed by atoms with Crippen molar-refractivity contribution in [2.45, 2.75) is 20.3 Å². The number of hydrogen-bond donors (Lipinski definition) is 0. The molecule has 1 heterocycles. The largest absolute Gasteiger partial charge is 0.339 e. The monoisotopic (exact) mass is 406 g/mol. The maximum Gasteiger partial charge on any atom is 0.285 e. The van der Waals surface area contributed by atoms with Crippen molar-refractivity contribution < 1.29 is 14.5 Å². The number of rotatable bonds is 5. The van der Waals surface area contributed by atoms with Gasteiger partial charge in [-0.2, -0.15) is 0 Å². The van der Waals surface area contributed by atoms with Gasteiger partial charge in [0.15, 0.2) is 0 Å². The summed E-state index contributed by atoms with van der Waals surface area (Å²) < 4.78 is 0. The van der Waals surface area contributed by atoms with E-state index in [2.05, 4.69) is 6.07 Å². The van der Waals surface area contributed by atoms with E-state index in [1.807, 2.05) is 31.2 Å². The van der Waals surface area contributed by atoms with Crippen molar-refractivity contribution in [1.82, 2.24) is 9.80 Å². The molecule has 1 fully saturated rings. The summed E-state index contributed by atoms with van der Waals surface area (Å²) in [5, 5.41) is 11.7. The zero-order chi connectivity index (χ0) is 21.7. The molecular weight excluding hydrogens is 382 g/mol. The third-order valence-electron chi connectivity index (χ3n) is 5.30. The molecule has 2 aromatic carbocycles. The van der Waals surface area contributed by atoms with Crippen LogP contribution in [-0.4, -0.2) is 52.7 Å². The molecule has 7 nitrogen and oxygen atoms in total. The van der Waals surface area contributed by atoms with Crippen LogP contribution >= 0.6 is 0 Å². The summed E-state index contributed by atoms with van der Waals surface area (Å²) >= 11 is 0. The lowest BCUT2D eigenvalue weighted by atomic mass is 9.92. The number of piperazine rings is 1. The molecule has 1 saturated heterocycles. The van der Waals surface area contributed by atoms with Gasteiger partial charge in [0, 0.05) is 39.2 Å². The molecule has 3 rings (SSSR count). The number of nitrogens with zero attached hydrogens (tertiary/aromatic N) is 3. The first kappa shape index (κ1) is 21.2. The summed E-state index contributed by atoms with van der Waals surface area (Å²) in [7, 11) is 0. The van der Waals surface area contributed by atoms with E-state index in [4.69, 9.17) is 0 Å². The Bertz CT molecular complexity index is 992. The second-order valence-electron chi connectivity index (χ2n) is 7.09. The lowest BCUT2D eigenvalue weighted by Gasteiger charge is -2.33. The molecule has 155 valence electrons. The van der Waals surface area contributed by atoms with Gasteiger partial charge in [-0.15, -0.1) is 0 Å². The van der Waals surface area contributed by atoms with E-state index in [9.17, 15) is 19.7 Å². The molecule has 7 heteroatoms. The van der Waals surface area contributed by atoms with E-state index >= 15 is 0 Å². The number of benzene rings is 2. The van der Waals surface area contributed by atoms with Gasteiger partial charge in [0.05, 0.1) is 16.6 Å². The second-order valence-corrected chi connectivity index (χ2v) is 7.09. The predicted octanol–water partition coefficient (Wildman–Crippen LogP) is 3.33. The van der Waals surface area contributed by atoms with E-state index in [1.165, 1.54) is 19.1 Å². The first-order valence-corrected chi connectivity index (χ1v) is 9.92. The zero-order valence-electron chi connectivity index (χ0n) is 17.1. The summed E-state index contributed by atoms with van der Waals surface area (Å²) in [4.78, 5) is 38.7. The fourth-order valence-corrected chi connectivity index (χ4v) is 3.65. The molecule has 2 aromatic rings. The maximum absolute atomic E-state index is 12.6. The molecule has 1 aliphatic rings. The highest BCUT2D eigenvalue weighted by molar-refractivity contribution is 5.94. The molecule has 2 amide bonds. The molecule has 0 spiro atoms.